The molecule has 0 fully saturated rings. The summed E-state index contributed by atoms with van der Waals surface area (Å²) >= 11 is 0. The van der Waals surface area contributed by atoms with Gasteiger partial charge in [-0.25, -0.2) is 0 Å². The summed E-state index contributed by atoms with van der Waals surface area (Å²) in [5.41, 5.74) is 2.74. The molecular weight excluding hydrogens is 322 g/mol. The molecule has 0 saturated heterocycles. The van der Waals surface area contributed by atoms with Gasteiger partial charge in [0.2, 0.25) is 5.91 Å². The zero-order valence-corrected chi connectivity index (χ0v) is 14.1. The average Bonchev–Trinajstić information content (AvgIpc) is 3.08. The van der Waals surface area contributed by atoms with E-state index in [1.807, 2.05) is 0 Å². The van der Waals surface area contributed by atoms with Crippen molar-refractivity contribution < 1.29 is 9.72 Å². The second-order valence-corrected chi connectivity index (χ2v) is 6.27. The Labute approximate surface area is 145 Å². The van der Waals surface area contributed by atoms with Crippen molar-refractivity contribution in [3.05, 3.63) is 57.8 Å². The second-order valence-electron chi connectivity index (χ2n) is 6.27. The van der Waals surface area contributed by atoms with E-state index in [4.69, 9.17) is 0 Å². The van der Waals surface area contributed by atoms with Gasteiger partial charge in [0.1, 0.15) is 6.54 Å². The topological polar surface area (TPSA) is 93.3 Å². The molecule has 0 saturated carbocycles. The second kappa shape index (κ2) is 7.43. The molecule has 1 aliphatic heterocycles. The lowest BCUT2D eigenvalue weighted by Crippen LogP contribution is -2.44. The number of amides is 1. The number of nitrogens with zero attached hydrogens (tertiary/aromatic N) is 4. The minimum Gasteiger partial charge on any atom is -0.358 e. The first kappa shape index (κ1) is 17.1. The number of carbonyl (C=O) groups excluding carboxylic acids is 1. The maximum Gasteiger partial charge on any atom is 0.389 e. The lowest BCUT2D eigenvalue weighted by molar-refractivity contribution is -0.389. The predicted octanol–water partition coefficient (Wildman–Crippen LogP) is 1.35. The number of rotatable bonds is 6. The van der Waals surface area contributed by atoms with E-state index in [1.54, 1.807) is 0 Å². The van der Waals surface area contributed by atoms with Gasteiger partial charge in [-0.1, -0.05) is 24.3 Å². The van der Waals surface area contributed by atoms with E-state index >= 15 is 0 Å². The number of hydrogen-bond donors (Lipinski definition) is 1. The van der Waals surface area contributed by atoms with Gasteiger partial charge in [0.15, 0.2) is 0 Å². The van der Waals surface area contributed by atoms with E-state index < -0.39 is 4.92 Å². The van der Waals surface area contributed by atoms with Crippen molar-refractivity contribution in [3.8, 4) is 0 Å². The lowest BCUT2D eigenvalue weighted by Gasteiger charge is -2.33. The number of benzene rings is 1. The molecule has 0 spiro atoms. The van der Waals surface area contributed by atoms with Gasteiger partial charge >= 0.3 is 5.82 Å². The SMILES string of the molecule is CC(CNC(=O)Cn1ccc([N+](=O)[O-])n1)N1CCc2ccccc2C1. The molecule has 0 bridgehead atoms. The molecule has 1 aliphatic rings. The fourth-order valence-electron chi connectivity index (χ4n) is 3.02. The van der Waals surface area contributed by atoms with Crippen LogP contribution in [0.2, 0.25) is 0 Å². The van der Waals surface area contributed by atoms with Crippen LogP contribution in [0.1, 0.15) is 18.1 Å². The standard InChI is InChI=1S/C17H21N5O3/c1-13(20-8-6-14-4-2-3-5-15(14)11-20)10-18-17(23)12-21-9-7-16(19-21)22(24)25/h2-5,7,9,13H,6,8,10-12H2,1H3,(H,18,23). The molecule has 0 radical (unpaired) electrons. The van der Waals surface area contributed by atoms with Gasteiger partial charge in [-0.3, -0.25) is 9.69 Å². The number of carbonyl (C=O) groups is 1. The highest BCUT2D eigenvalue weighted by atomic mass is 16.6. The molecule has 1 atom stereocenters. The summed E-state index contributed by atoms with van der Waals surface area (Å²) in [6.07, 6.45) is 2.45. The molecule has 1 amide bonds. The molecule has 25 heavy (non-hydrogen) atoms. The molecular formula is C17H21N5O3. The van der Waals surface area contributed by atoms with E-state index in [0.717, 1.165) is 19.5 Å². The summed E-state index contributed by atoms with van der Waals surface area (Å²) in [5.74, 6) is -0.463. The Bertz CT molecular complexity index is 773. The van der Waals surface area contributed by atoms with E-state index in [0.29, 0.717) is 6.54 Å². The van der Waals surface area contributed by atoms with Crippen LogP contribution in [-0.4, -0.2) is 44.6 Å². The molecule has 1 N–H and O–H groups in total. The van der Waals surface area contributed by atoms with Crippen LogP contribution in [0.25, 0.3) is 0 Å². The quantitative estimate of drug-likeness (QED) is 0.631. The first-order valence-electron chi connectivity index (χ1n) is 8.28. The van der Waals surface area contributed by atoms with Gasteiger partial charge in [0.25, 0.3) is 0 Å². The van der Waals surface area contributed by atoms with Crippen molar-refractivity contribution in [2.24, 2.45) is 0 Å². The lowest BCUT2D eigenvalue weighted by atomic mass is 9.99. The molecule has 1 aromatic carbocycles. The van der Waals surface area contributed by atoms with Gasteiger partial charge in [-0.05, 0) is 29.4 Å². The summed E-state index contributed by atoms with van der Waals surface area (Å²) < 4.78 is 1.27. The third-order valence-corrected chi connectivity index (χ3v) is 4.50. The first-order valence-corrected chi connectivity index (χ1v) is 8.28. The molecule has 1 unspecified atom stereocenters. The molecule has 2 heterocycles. The average molecular weight is 343 g/mol. The normalized spacial score (nSPS) is 15.4. The van der Waals surface area contributed by atoms with Gasteiger partial charge in [-0.15, -0.1) is 0 Å². The van der Waals surface area contributed by atoms with E-state index in [-0.39, 0.29) is 24.3 Å². The highest BCUT2D eigenvalue weighted by Crippen LogP contribution is 2.19. The highest BCUT2D eigenvalue weighted by Gasteiger charge is 2.21. The number of fused-ring (bicyclic) bond motifs is 1. The van der Waals surface area contributed by atoms with Crippen LogP contribution in [-0.2, 0) is 24.3 Å². The zero-order chi connectivity index (χ0) is 17.8. The minimum absolute atomic E-state index is 0.0244. The fourth-order valence-corrected chi connectivity index (χ4v) is 3.02. The Morgan fingerprint density at radius 2 is 2.12 bits per heavy atom. The van der Waals surface area contributed by atoms with Crippen molar-refractivity contribution in [1.82, 2.24) is 20.0 Å². The summed E-state index contributed by atoms with van der Waals surface area (Å²) in [4.78, 5) is 24.4. The first-order chi connectivity index (χ1) is 12.0. The number of nitrogens with one attached hydrogen (secondary N) is 1. The van der Waals surface area contributed by atoms with Crippen LogP contribution < -0.4 is 5.32 Å². The van der Waals surface area contributed by atoms with Gasteiger partial charge < -0.3 is 15.4 Å². The predicted molar refractivity (Wildman–Crippen MR) is 91.9 cm³/mol. The van der Waals surface area contributed by atoms with Crippen molar-refractivity contribution in [2.75, 3.05) is 13.1 Å². The third-order valence-electron chi connectivity index (χ3n) is 4.50. The Morgan fingerprint density at radius 3 is 2.84 bits per heavy atom. The van der Waals surface area contributed by atoms with Crippen LogP contribution in [0.4, 0.5) is 5.82 Å². The zero-order valence-electron chi connectivity index (χ0n) is 14.1. The highest BCUT2D eigenvalue weighted by molar-refractivity contribution is 5.75. The smallest absolute Gasteiger partial charge is 0.358 e. The van der Waals surface area contributed by atoms with Gasteiger partial charge in [-0.2, -0.15) is 4.68 Å². The van der Waals surface area contributed by atoms with Crippen molar-refractivity contribution in [1.29, 1.82) is 0 Å². The number of aromatic nitrogens is 2. The molecule has 2 aromatic rings. The van der Waals surface area contributed by atoms with Crippen LogP contribution >= 0.6 is 0 Å². The van der Waals surface area contributed by atoms with Crippen LogP contribution in [0.3, 0.4) is 0 Å². The third kappa shape index (κ3) is 4.21. The summed E-state index contributed by atoms with van der Waals surface area (Å²) in [5, 5.41) is 17.2. The number of nitro groups is 1. The maximum absolute atomic E-state index is 12.0. The van der Waals surface area contributed by atoms with Crippen LogP contribution in [0.5, 0.6) is 0 Å². The van der Waals surface area contributed by atoms with Crippen LogP contribution in [0, 0.1) is 10.1 Å². The molecule has 3 rings (SSSR count). The molecule has 1 aromatic heterocycles. The Kier molecular flexibility index (Phi) is 5.08. The Balaban J connectivity index is 1.48. The monoisotopic (exact) mass is 343 g/mol. The molecule has 132 valence electrons. The molecule has 0 aliphatic carbocycles. The fraction of sp³-hybridized carbons (Fsp3) is 0.412. The van der Waals surface area contributed by atoms with Gasteiger partial charge in [0.05, 0.1) is 17.4 Å². The molecule has 8 nitrogen and oxygen atoms in total. The maximum atomic E-state index is 12.0. The Hall–Kier alpha value is -2.74. The van der Waals surface area contributed by atoms with E-state index in [2.05, 4.69) is 46.5 Å². The van der Waals surface area contributed by atoms with E-state index in [1.165, 1.54) is 28.1 Å². The molecule has 8 heteroatoms. The van der Waals surface area contributed by atoms with Crippen molar-refractivity contribution in [3.63, 3.8) is 0 Å². The van der Waals surface area contributed by atoms with Crippen LogP contribution in [0.15, 0.2) is 36.5 Å². The Morgan fingerprint density at radius 1 is 1.36 bits per heavy atom. The number of hydrogen-bond acceptors (Lipinski definition) is 5. The van der Waals surface area contributed by atoms with Crippen molar-refractivity contribution >= 4 is 11.7 Å². The largest absolute Gasteiger partial charge is 0.389 e. The summed E-state index contributed by atoms with van der Waals surface area (Å²) in [6, 6.07) is 9.93. The minimum atomic E-state index is -0.579. The van der Waals surface area contributed by atoms with Crippen molar-refractivity contribution in [2.45, 2.75) is 32.5 Å². The van der Waals surface area contributed by atoms with Gasteiger partial charge in [0, 0.05) is 25.7 Å². The summed E-state index contributed by atoms with van der Waals surface area (Å²) in [6.45, 7) is 4.46. The van der Waals surface area contributed by atoms with E-state index in [9.17, 15) is 14.9 Å². The summed E-state index contributed by atoms with van der Waals surface area (Å²) in [7, 11) is 0.